The number of anilines is 1. The number of methoxy groups -OCH3 is 2. The molecule has 7 nitrogen and oxygen atoms in total. The quantitative estimate of drug-likeness (QED) is 0.572. The molecule has 1 N–H and O–H groups in total. The predicted molar refractivity (Wildman–Crippen MR) is 108 cm³/mol. The predicted octanol–water partition coefficient (Wildman–Crippen LogP) is 4.05. The van der Waals surface area contributed by atoms with E-state index >= 15 is 0 Å². The standard InChI is InChI=1S/C20H21N3O4S/c1-25-15-9-8-13(12-16(15)26-2)20-22-19(27-23-20)11-10-18(24)21-14-6-4-5-7-17(14)28-3/h4-9,12H,10-11H2,1-3H3,(H,21,24). The Kier molecular flexibility index (Phi) is 6.54. The third-order valence-corrected chi connectivity index (χ3v) is 4.85. The zero-order chi connectivity index (χ0) is 19.9. The summed E-state index contributed by atoms with van der Waals surface area (Å²) in [5.41, 5.74) is 1.54. The molecule has 0 radical (unpaired) electrons. The van der Waals surface area contributed by atoms with E-state index in [0.29, 0.717) is 29.6 Å². The average molecular weight is 399 g/mol. The molecule has 0 unspecified atom stereocenters. The first-order valence-corrected chi connectivity index (χ1v) is 9.85. The molecule has 0 fully saturated rings. The molecule has 1 aromatic heterocycles. The summed E-state index contributed by atoms with van der Waals surface area (Å²) < 4.78 is 15.8. The van der Waals surface area contributed by atoms with Crippen molar-refractivity contribution in [2.75, 3.05) is 25.8 Å². The van der Waals surface area contributed by atoms with E-state index in [-0.39, 0.29) is 12.3 Å². The Labute approximate surface area is 167 Å². The van der Waals surface area contributed by atoms with Crippen molar-refractivity contribution < 1.29 is 18.8 Å². The van der Waals surface area contributed by atoms with Crippen LogP contribution in [0.25, 0.3) is 11.4 Å². The molecular formula is C20H21N3O4S. The SMILES string of the molecule is COc1ccc(-c2noc(CCC(=O)Nc3ccccc3SC)n2)cc1OC. The number of carbonyl (C=O) groups excluding carboxylic acids is 1. The van der Waals surface area contributed by atoms with Gasteiger partial charge in [0.25, 0.3) is 0 Å². The number of rotatable bonds is 8. The number of ether oxygens (including phenoxy) is 2. The van der Waals surface area contributed by atoms with Gasteiger partial charge in [0.15, 0.2) is 11.5 Å². The highest BCUT2D eigenvalue weighted by Gasteiger charge is 2.14. The Morgan fingerprint density at radius 2 is 1.93 bits per heavy atom. The maximum atomic E-state index is 12.2. The number of hydrogen-bond donors (Lipinski definition) is 1. The number of para-hydroxylation sites is 1. The summed E-state index contributed by atoms with van der Waals surface area (Å²) in [6, 6.07) is 13.1. The highest BCUT2D eigenvalue weighted by atomic mass is 32.2. The maximum Gasteiger partial charge on any atom is 0.227 e. The van der Waals surface area contributed by atoms with Crippen LogP contribution < -0.4 is 14.8 Å². The van der Waals surface area contributed by atoms with Crippen molar-refractivity contribution in [2.45, 2.75) is 17.7 Å². The Hall–Kier alpha value is -3.00. The number of nitrogens with zero attached hydrogens (tertiary/aromatic N) is 2. The lowest BCUT2D eigenvalue weighted by Gasteiger charge is -2.08. The summed E-state index contributed by atoms with van der Waals surface area (Å²) in [6.45, 7) is 0. The molecule has 1 heterocycles. The van der Waals surface area contributed by atoms with E-state index in [1.165, 1.54) is 0 Å². The molecule has 1 amide bonds. The fourth-order valence-corrected chi connectivity index (χ4v) is 3.18. The third kappa shape index (κ3) is 4.64. The topological polar surface area (TPSA) is 86.5 Å². The first kappa shape index (κ1) is 19.8. The monoisotopic (exact) mass is 399 g/mol. The Morgan fingerprint density at radius 1 is 1.14 bits per heavy atom. The van der Waals surface area contributed by atoms with Crippen molar-refractivity contribution in [1.82, 2.24) is 10.1 Å². The molecule has 8 heteroatoms. The van der Waals surface area contributed by atoms with Crippen molar-refractivity contribution >= 4 is 23.4 Å². The van der Waals surface area contributed by atoms with Crippen LogP contribution in [0.5, 0.6) is 11.5 Å². The number of carbonyl (C=O) groups is 1. The van der Waals surface area contributed by atoms with Crippen molar-refractivity contribution in [3.8, 4) is 22.9 Å². The highest BCUT2D eigenvalue weighted by molar-refractivity contribution is 7.98. The van der Waals surface area contributed by atoms with Gasteiger partial charge in [0.05, 0.1) is 19.9 Å². The van der Waals surface area contributed by atoms with Gasteiger partial charge in [-0.15, -0.1) is 11.8 Å². The van der Waals surface area contributed by atoms with E-state index in [9.17, 15) is 4.79 Å². The van der Waals surface area contributed by atoms with Crippen LogP contribution in [-0.4, -0.2) is 36.5 Å². The molecule has 0 aliphatic rings. The van der Waals surface area contributed by atoms with Crippen LogP contribution in [0, 0.1) is 0 Å². The lowest BCUT2D eigenvalue weighted by molar-refractivity contribution is -0.116. The number of amides is 1. The molecular weight excluding hydrogens is 378 g/mol. The Balaban J connectivity index is 1.62. The molecule has 2 aromatic carbocycles. The molecule has 146 valence electrons. The fraction of sp³-hybridized carbons (Fsp3) is 0.250. The first-order valence-electron chi connectivity index (χ1n) is 8.62. The molecule has 0 saturated carbocycles. The summed E-state index contributed by atoms with van der Waals surface area (Å²) in [6.07, 6.45) is 2.57. The zero-order valence-corrected chi connectivity index (χ0v) is 16.7. The summed E-state index contributed by atoms with van der Waals surface area (Å²) >= 11 is 1.58. The molecule has 0 spiro atoms. The zero-order valence-electron chi connectivity index (χ0n) is 15.9. The van der Waals surface area contributed by atoms with E-state index < -0.39 is 0 Å². The smallest absolute Gasteiger partial charge is 0.227 e. The van der Waals surface area contributed by atoms with Gasteiger partial charge in [0.2, 0.25) is 17.6 Å². The molecule has 3 aromatic rings. The first-order chi connectivity index (χ1) is 13.6. The van der Waals surface area contributed by atoms with Gasteiger partial charge in [-0.05, 0) is 36.6 Å². The average Bonchev–Trinajstić information content (AvgIpc) is 3.21. The van der Waals surface area contributed by atoms with Gasteiger partial charge in [-0.3, -0.25) is 4.79 Å². The minimum absolute atomic E-state index is 0.104. The van der Waals surface area contributed by atoms with Crippen molar-refractivity contribution in [3.05, 3.63) is 48.4 Å². The molecule has 0 bridgehead atoms. The van der Waals surface area contributed by atoms with Crippen molar-refractivity contribution in [3.63, 3.8) is 0 Å². The number of hydrogen-bond acceptors (Lipinski definition) is 7. The number of benzene rings is 2. The third-order valence-electron chi connectivity index (χ3n) is 4.06. The van der Waals surface area contributed by atoms with Crippen LogP contribution in [0.1, 0.15) is 12.3 Å². The van der Waals surface area contributed by atoms with Gasteiger partial charge in [-0.1, -0.05) is 17.3 Å². The van der Waals surface area contributed by atoms with Crippen molar-refractivity contribution in [1.29, 1.82) is 0 Å². The molecule has 0 saturated heterocycles. The normalized spacial score (nSPS) is 10.5. The minimum atomic E-state index is -0.104. The summed E-state index contributed by atoms with van der Waals surface area (Å²) in [5.74, 6) is 1.94. The molecule has 0 atom stereocenters. The summed E-state index contributed by atoms with van der Waals surface area (Å²) in [5, 5.41) is 6.91. The van der Waals surface area contributed by atoms with Gasteiger partial charge in [0, 0.05) is 23.3 Å². The number of aryl methyl sites for hydroxylation is 1. The van der Waals surface area contributed by atoms with Crippen molar-refractivity contribution in [2.24, 2.45) is 0 Å². The molecule has 28 heavy (non-hydrogen) atoms. The van der Waals surface area contributed by atoms with Crippen LogP contribution in [0.2, 0.25) is 0 Å². The second kappa shape index (κ2) is 9.27. The molecule has 0 aliphatic carbocycles. The Morgan fingerprint density at radius 3 is 2.68 bits per heavy atom. The van der Waals surface area contributed by atoms with E-state index in [2.05, 4.69) is 15.5 Å². The summed E-state index contributed by atoms with van der Waals surface area (Å²) in [4.78, 5) is 17.6. The summed E-state index contributed by atoms with van der Waals surface area (Å²) in [7, 11) is 3.14. The molecule has 3 rings (SSSR count). The Bertz CT molecular complexity index is 958. The van der Waals surface area contributed by atoms with Crippen LogP contribution in [-0.2, 0) is 11.2 Å². The largest absolute Gasteiger partial charge is 0.493 e. The number of thioether (sulfide) groups is 1. The molecule has 0 aliphatic heterocycles. The second-order valence-electron chi connectivity index (χ2n) is 5.83. The van der Waals surface area contributed by atoms with E-state index in [0.717, 1.165) is 16.1 Å². The van der Waals surface area contributed by atoms with Crippen LogP contribution in [0.4, 0.5) is 5.69 Å². The van der Waals surface area contributed by atoms with Crippen LogP contribution in [0.3, 0.4) is 0 Å². The van der Waals surface area contributed by atoms with Gasteiger partial charge in [-0.25, -0.2) is 0 Å². The lowest BCUT2D eigenvalue weighted by Crippen LogP contribution is -2.13. The van der Waals surface area contributed by atoms with Gasteiger partial charge in [-0.2, -0.15) is 4.98 Å². The van der Waals surface area contributed by atoms with Gasteiger partial charge >= 0.3 is 0 Å². The highest BCUT2D eigenvalue weighted by Crippen LogP contribution is 2.31. The maximum absolute atomic E-state index is 12.2. The van der Waals surface area contributed by atoms with Gasteiger partial charge < -0.3 is 19.3 Å². The minimum Gasteiger partial charge on any atom is -0.493 e. The fourth-order valence-electron chi connectivity index (χ4n) is 2.63. The van der Waals surface area contributed by atoms with Gasteiger partial charge in [0.1, 0.15) is 0 Å². The van der Waals surface area contributed by atoms with Crippen LogP contribution in [0.15, 0.2) is 51.9 Å². The van der Waals surface area contributed by atoms with Crippen LogP contribution >= 0.6 is 11.8 Å². The second-order valence-corrected chi connectivity index (χ2v) is 6.68. The number of nitrogens with one attached hydrogen (secondary N) is 1. The lowest BCUT2D eigenvalue weighted by atomic mass is 10.2. The van der Waals surface area contributed by atoms with E-state index in [1.54, 1.807) is 38.1 Å². The van der Waals surface area contributed by atoms with E-state index in [1.807, 2.05) is 36.6 Å². The number of aromatic nitrogens is 2. The van der Waals surface area contributed by atoms with E-state index in [4.69, 9.17) is 14.0 Å².